The smallest absolute Gasteiger partial charge is 0.330 e. The number of carboxylic acid groups (broad SMARTS) is 1. The van der Waals surface area contributed by atoms with Crippen LogP contribution in [0.4, 0.5) is 0 Å². The maximum absolute atomic E-state index is 12.6. The van der Waals surface area contributed by atoms with Crippen LogP contribution in [0.3, 0.4) is 0 Å². The molecule has 0 bridgehead atoms. The molecule has 8 nitrogen and oxygen atoms in total. The molecule has 2 aromatic rings. The first-order valence-electron chi connectivity index (χ1n) is 8.56. The van der Waals surface area contributed by atoms with Crippen molar-refractivity contribution in [2.45, 2.75) is 45.4 Å². The van der Waals surface area contributed by atoms with Crippen LogP contribution in [0.25, 0.3) is 11.0 Å². The molecule has 3 N–H and O–H groups in total. The average molecular weight is 361 g/mol. The Kier molecular flexibility index (Phi) is 4.39. The van der Waals surface area contributed by atoms with Gasteiger partial charge in [0.05, 0.1) is 17.1 Å². The van der Waals surface area contributed by atoms with Crippen LogP contribution >= 0.6 is 0 Å². The number of ether oxygens (including phenoxy) is 1. The van der Waals surface area contributed by atoms with Gasteiger partial charge in [0.2, 0.25) is 5.91 Å². The zero-order valence-electron chi connectivity index (χ0n) is 15.0. The lowest BCUT2D eigenvalue weighted by atomic mass is 9.54. The van der Waals surface area contributed by atoms with E-state index in [1.165, 1.54) is 4.57 Å². The maximum atomic E-state index is 12.6. The summed E-state index contributed by atoms with van der Waals surface area (Å²) in [6.45, 7) is 5.60. The zero-order valence-corrected chi connectivity index (χ0v) is 15.0. The van der Waals surface area contributed by atoms with Crippen LogP contribution in [-0.4, -0.2) is 44.8 Å². The number of carbonyl (C=O) groups excluding carboxylic acids is 1. The molecule has 1 amide bonds. The number of H-pyrrole nitrogens is 1. The maximum Gasteiger partial charge on any atom is 0.330 e. The minimum Gasteiger partial charge on any atom is -0.479 e. The minimum atomic E-state index is -1.42. The van der Waals surface area contributed by atoms with Gasteiger partial charge >= 0.3 is 11.7 Å². The summed E-state index contributed by atoms with van der Waals surface area (Å²) in [5.41, 5.74) is -1.38. The molecular formula is C18H23N3O5. The van der Waals surface area contributed by atoms with E-state index < -0.39 is 28.5 Å². The summed E-state index contributed by atoms with van der Waals surface area (Å²) in [4.78, 5) is 39.3. The molecule has 0 saturated heterocycles. The summed E-state index contributed by atoms with van der Waals surface area (Å²) in [5.74, 6) is -1.62. The van der Waals surface area contributed by atoms with Gasteiger partial charge in [-0.2, -0.15) is 0 Å². The van der Waals surface area contributed by atoms with Crippen molar-refractivity contribution in [1.82, 2.24) is 14.9 Å². The summed E-state index contributed by atoms with van der Waals surface area (Å²) < 4.78 is 6.89. The number of nitrogens with zero attached hydrogens (tertiary/aromatic N) is 1. The van der Waals surface area contributed by atoms with Gasteiger partial charge in [-0.05, 0) is 19.1 Å². The Labute approximate surface area is 150 Å². The summed E-state index contributed by atoms with van der Waals surface area (Å²) in [6, 6.07) is 7.02. The number of carboxylic acids is 1. The van der Waals surface area contributed by atoms with E-state index in [1.807, 2.05) is 6.92 Å². The van der Waals surface area contributed by atoms with Crippen LogP contribution in [0.15, 0.2) is 29.1 Å². The van der Waals surface area contributed by atoms with Crippen molar-refractivity contribution in [2.24, 2.45) is 5.41 Å². The number of imidazole rings is 1. The topological polar surface area (TPSA) is 113 Å². The molecule has 2 unspecified atom stereocenters. The second-order valence-electron chi connectivity index (χ2n) is 7.16. The second kappa shape index (κ2) is 6.28. The summed E-state index contributed by atoms with van der Waals surface area (Å²) >= 11 is 0. The first-order valence-corrected chi connectivity index (χ1v) is 8.56. The quantitative estimate of drug-likeness (QED) is 0.713. The Morgan fingerprint density at radius 1 is 1.38 bits per heavy atom. The van der Waals surface area contributed by atoms with Gasteiger partial charge in [0.1, 0.15) is 12.1 Å². The van der Waals surface area contributed by atoms with E-state index in [2.05, 4.69) is 10.3 Å². The highest BCUT2D eigenvalue weighted by atomic mass is 16.5. The number of aromatic nitrogens is 2. The fourth-order valence-electron chi connectivity index (χ4n) is 3.72. The van der Waals surface area contributed by atoms with Crippen LogP contribution < -0.4 is 11.0 Å². The Bertz CT molecular complexity index is 913. The monoisotopic (exact) mass is 361 g/mol. The van der Waals surface area contributed by atoms with Crippen molar-refractivity contribution in [2.75, 3.05) is 6.61 Å². The molecule has 1 heterocycles. The Morgan fingerprint density at radius 3 is 2.69 bits per heavy atom. The van der Waals surface area contributed by atoms with Gasteiger partial charge in [-0.25, -0.2) is 9.59 Å². The Hall–Kier alpha value is -2.61. The van der Waals surface area contributed by atoms with E-state index in [0.29, 0.717) is 17.6 Å². The number of hydrogen-bond acceptors (Lipinski definition) is 4. The van der Waals surface area contributed by atoms with Gasteiger partial charge in [-0.1, -0.05) is 26.0 Å². The third-order valence-electron chi connectivity index (χ3n) is 5.47. The lowest BCUT2D eigenvalue weighted by molar-refractivity contribution is -0.194. The first-order chi connectivity index (χ1) is 12.2. The van der Waals surface area contributed by atoms with Gasteiger partial charge in [-0.3, -0.25) is 9.36 Å². The number of rotatable bonds is 6. The first kappa shape index (κ1) is 18.2. The Morgan fingerprint density at radius 2 is 2.08 bits per heavy atom. The van der Waals surface area contributed by atoms with Crippen LogP contribution in [0, 0.1) is 5.41 Å². The highest BCUT2D eigenvalue weighted by Gasteiger charge is 2.66. The number of nitrogens with one attached hydrogen (secondary N) is 2. The van der Waals surface area contributed by atoms with Crippen molar-refractivity contribution in [3.8, 4) is 0 Å². The van der Waals surface area contributed by atoms with Crippen LogP contribution in [0.1, 0.15) is 27.2 Å². The molecule has 8 heteroatoms. The SMILES string of the molecule is CCOC1CC(NC(=O)Cn2c(=O)[nH]c3ccccc32)(C(=O)O)C1(C)C. The molecule has 26 heavy (non-hydrogen) atoms. The lowest BCUT2D eigenvalue weighted by Crippen LogP contribution is -2.76. The van der Waals surface area contributed by atoms with Gasteiger partial charge in [0, 0.05) is 18.4 Å². The highest BCUT2D eigenvalue weighted by Crippen LogP contribution is 2.51. The summed E-state index contributed by atoms with van der Waals surface area (Å²) in [6.07, 6.45) is -0.0581. The van der Waals surface area contributed by atoms with Crippen molar-refractivity contribution in [1.29, 1.82) is 0 Å². The minimum absolute atomic E-state index is 0.192. The molecule has 1 fully saturated rings. The van der Waals surface area contributed by atoms with Gasteiger partial charge in [0.15, 0.2) is 0 Å². The number of aromatic amines is 1. The highest BCUT2D eigenvalue weighted by molar-refractivity contribution is 5.90. The molecule has 3 rings (SSSR count). The molecule has 0 spiro atoms. The van der Waals surface area contributed by atoms with Crippen molar-refractivity contribution >= 4 is 22.9 Å². The number of fused-ring (bicyclic) bond motifs is 1. The molecule has 1 aromatic carbocycles. The number of aliphatic carboxylic acids is 1. The average Bonchev–Trinajstić information content (AvgIpc) is 2.89. The fourth-order valence-corrected chi connectivity index (χ4v) is 3.72. The second-order valence-corrected chi connectivity index (χ2v) is 7.16. The standard InChI is InChI=1S/C18H23N3O5/c1-4-26-13-9-18(15(23)24,17(13,2)3)20-14(22)10-21-12-8-6-5-7-11(12)19-16(21)25/h5-8,13H,4,9-10H2,1-3H3,(H,19,25)(H,20,22)(H,23,24). The summed E-state index contributed by atoms with van der Waals surface area (Å²) in [5, 5.41) is 12.4. The largest absolute Gasteiger partial charge is 0.479 e. The molecular weight excluding hydrogens is 338 g/mol. The number of para-hydroxylation sites is 2. The normalized spacial score (nSPS) is 24.2. The predicted molar refractivity (Wildman–Crippen MR) is 94.9 cm³/mol. The number of hydrogen-bond donors (Lipinski definition) is 3. The van der Waals surface area contributed by atoms with Crippen LogP contribution in [0.2, 0.25) is 0 Å². The molecule has 0 aliphatic heterocycles. The lowest BCUT2D eigenvalue weighted by Gasteiger charge is -2.58. The van der Waals surface area contributed by atoms with Crippen LogP contribution in [0.5, 0.6) is 0 Å². The van der Waals surface area contributed by atoms with E-state index in [9.17, 15) is 19.5 Å². The molecule has 2 atom stereocenters. The van der Waals surface area contributed by atoms with Gasteiger partial charge < -0.3 is 20.1 Å². The van der Waals surface area contributed by atoms with Gasteiger partial charge in [0.25, 0.3) is 0 Å². The van der Waals surface area contributed by atoms with Crippen molar-refractivity contribution in [3.05, 3.63) is 34.7 Å². The number of amides is 1. The molecule has 1 saturated carbocycles. The van der Waals surface area contributed by atoms with E-state index in [4.69, 9.17) is 4.74 Å². The van der Waals surface area contributed by atoms with Crippen molar-refractivity contribution < 1.29 is 19.4 Å². The number of benzene rings is 1. The molecule has 140 valence electrons. The third kappa shape index (κ3) is 2.61. The molecule has 1 aromatic heterocycles. The predicted octanol–water partition coefficient (Wildman–Crippen LogP) is 1.10. The van der Waals surface area contributed by atoms with Crippen molar-refractivity contribution in [3.63, 3.8) is 0 Å². The van der Waals surface area contributed by atoms with Gasteiger partial charge in [-0.15, -0.1) is 0 Å². The third-order valence-corrected chi connectivity index (χ3v) is 5.47. The van der Waals surface area contributed by atoms with E-state index >= 15 is 0 Å². The fraction of sp³-hybridized carbons (Fsp3) is 0.500. The molecule has 0 radical (unpaired) electrons. The summed E-state index contributed by atoms with van der Waals surface area (Å²) in [7, 11) is 0. The van der Waals surface area contributed by atoms with E-state index in [0.717, 1.165) is 0 Å². The number of carbonyl (C=O) groups is 2. The van der Waals surface area contributed by atoms with E-state index in [1.54, 1.807) is 38.1 Å². The molecule has 1 aliphatic rings. The molecule has 1 aliphatic carbocycles. The van der Waals surface area contributed by atoms with Crippen LogP contribution in [-0.2, 0) is 20.9 Å². The Balaban J connectivity index is 1.83. The van der Waals surface area contributed by atoms with E-state index in [-0.39, 0.29) is 19.1 Å². The zero-order chi connectivity index (χ0) is 19.1.